The number of anilines is 2. The molecule has 144 valence electrons. The van der Waals surface area contributed by atoms with E-state index < -0.39 is 0 Å². The average molecular weight is 386 g/mol. The van der Waals surface area contributed by atoms with E-state index in [9.17, 15) is 4.79 Å². The molecule has 1 aliphatic rings. The molecule has 0 radical (unpaired) electrons. The number of nitrogens with zero attached hydrogens (tertiary/aromatic N) is 2. The van der Waals surface area contributed by atoms with Gasteiger partial charge in [0, 0.05) is 35.4 Å². The maximum Gasteiger partial charge on any atom is 0.323 e. The molecular formula is C22H18N4O3. The number of carbonyl (C=O) groups is 1. The molecule has 29 heavy (non-hydrogen) atoms. The molecule has 5 rings (SSSR count). The fourth-order valence-electron chi connectivity index (χ4n) is 3.21. The summed E-state index contributed by atoms with van der Waals surface area (Å²) in [6, 6.07) is 16.6. The van der Waals surface area contributed by atoms with E-state index in [2.05, 4.69) is 15.6 Å². The predicted molar refractivity (Wildman–Crippen MR) is 111 cm³/mol. The molecule has 0 atom stereocenters. The first kappa shape index (κ1) is 17.1. The van der Waals surface area contributed by atoms with Crippen molar-refractivity contribution in [2.75, 3.05) is 17.4 Å². The summed E-state index contributed by atoms with van der Waals surface area (Å²) in [5.74, 6) is 1.29. The zero-order valence-electron chi connectivity index (χ0n) is 15.7. The molecular weight excluding hydrogens is 368 g/mol. The van der Waals surface area contributed by atoms with Crippen LogP contribution in [0.15, 0.2) is 67.0 Å². The van der Waals surface area contributed by atoms with Gasteiger partial charge in [-0.1, -0.05) is 12.1 Å². The van der Waals surface area contributed by atoms with Crippen molar-refractivity contribution in [2.45, 2.75) is 6.92 Å². The van der Waals surface area contributed by atoms with Gasteiger partial charge in [0.2, 0.25) is 6.79 Å². The van der Waals surface area contributed by atoms with Crippen LogP contribution in [0.4, 0.5) is 16.2 Å². The molecule has 0 bridgehead atoms. The Balaban J connectivity index is 1.27. The van der Waals surface area contributed by atoms with Crippen molar-refractivity contribution < 1.29 is 14.3 Å². The van der Waals surface area contributed by atoms with E-state index in [-0.39, 0.29) is 12.8 Å². The van der Waals surface area contributed by atoms with Crippen LogP contribution >= 0.6 is 0 Å². The quantitative estimate of drug-likeness (QED) is 0.536. The Morgan fingerprint density at radius 2 is 1.72 bits per heavy atom. The van der Waals surface area contributed by atoms with E-state index in [1.54, 1.807) is 18.2 Å². The van der Waals surface area contributed by atoms with E-state index in [4.69, 9.17) is 9.47 Å². The van der Waals surface area contributed by atoms with E-state index in [0.717, 1.165) is 16.9 Å². The van der Waals surface area contributed by atoms with E-state index >= 15 is 0 Å². The van der Waals surface area contributed by atoms with Crippen molar-refractivity contribution in [2.24, 2.45) is 0 Å². The minimum atomic E-state index is -0.333. The highest BCUT2D eigenvalue weighted by molar-refractivity contribution is 6.00. The van der Waals surface area contributed by atoms with Gasteiger partial charge >= 0.3 is 6.03 Å². The molecule has 1 aliphatic heterocycles. The molecule has 4 aromatic rings. The van der Waals surface area contributed by atoms with Gasteiger partial charge in [0.05, 0.1) is 5.69 Å². The van der Waals surface area contributed by atoms with Gasteiger partial charge in [0.15, 0.2) is 11.5 Å². The molecule has 2 aromatic heterocycles. The van der Waals surface area contributed by atoms with Gasteiger partial charge in [0.1, 0.15) is 5.65 Å². The van der Waals surface area contributed by atoms with Gasteiger partial charge in [-0.25, -0.2) is 9.78 Å². The lowest BCUT2D eigenvalue weighted by Gasteiger charge is -2.08. The van der Waals surface area contributed by atoms with Gasteiger partial charge in [0.25, 0.3) is 0 Å². The molecule has 0 fully saturated rings. The number of hydrogen-bond donors (Lipinski definition) is 2. The van der Waals surface area contributed by atoms with Crippen LogP contribution in [0, 0.1) is 6.92 Å². The first-order chi connectivity index (χ1) is 14.1. The Bertz CT molecular complexity index is 1210. The number of rotatable bonds is 3. The molecule has 2 aromatic carbocycles. The third-order valence-corrected chi connectivity index (χ3v) is 4.68. The maximum atomic E-state index is 12.3. The largest absolute Gasteiger partial charge is 0.454 e. The van der Waals surface area contributed by atoms with Crippen LogP contribution in [-0.2, 0) is 0 Å². The third kappa shape index (κ3) is 3.45. The molecule has 7 heteroatoms. The standard InChI is InChI=1S/C22H18N4O3/c1-14-8-9-26-12-18(25-21(26)10-14)15-2-4-16(5-3-15)23-22(27)24-17-6-7-19-20(11-17)29-13-28-19/h2-12H,13H2,1H3,(H2,23,24,27). The number of ether oxygens (including phenoxy) is 2. The van der Waals surface area contributed by atoms with Crippen molar-refractivity contribution in [1.29, 1.82) is 0 Å². The predicted octanol–water partition coefficient (Wildman–Crippen LogP) is 4.68. The number of imidazole rings is 1. The summed E-state index contributed by atoms with van der Waals surface area (Å²) in [7, 11) is 0. The van der Waals surface area contributed by atoms with E-state index in [1.807, 2.05) is 60.1 Å². The Labute approximate surface area is 166 Å². The van der Waals surface area contributed by atoms with Gasteiger partial charge in [-0.05, 0) is 48.9 Å². The van der Waals surface area contributed by atoms with Crippen molar-refractivity contribution in [3.63, 3.8) is 0 Å². The first-order valence-corrected chi connectivity index (χ1v) is 9.17. The highest BCUT2D eigenvalue weighted by atomic mass is 16.7. The Kier molecular flexibility index (Phi) is 4.05. The van der Waals surface area contributed by atoms with Gasteiger partial charge in [-0.15, -0.1) is 0 Å². The SMILES string of the molecule is Cc1ccn2cc(-c3ccc(NC(=O)Nc4ccc5c(c4)OCO5)cc3)nc2c1. The second-order valence-electron chi connectivity index (χ2n) is 6.82. The zero-order valence-corrected chi connectivity index (χ0v) is 15.7. The fourth-order valence-corrected chi connectivity index (χ4v) is 3.21. The van der Waals surface area contributed by atoms with Crippen molar-refractivity contribution >= 4 is 23.1 Å². The van der Waals surface area contributed by atoms with Gasteiger partial charge in [-0.3, -0.25) is 0 Å². The zero-order chi connectivity index (χ0) is 19.8. The van der Waals surface area contributed by atoms with E-state index in [1.165, 1.54) is 5.56 Å². The number of fused-ring (bicyclic) bond motifs is 2. The molecule has 0 unspecified atom stereocenters. The molecule has 2 amide bonds. The Hall–Kier alpha value is -4.00. The summed E-state index contributed by atoms with van der Waals surface area (Å²) in [5.41, 5.74) is 5.25. The lowest BCUT2D eigenvalue weighted by Crippen LogP contribution is -2.19. The normalized spacial score (nSPS) is 12.2. The fraction of sp³-hybridized carbons (Fsp3) is 0.0909. The number of amides is 2. The first-order valence-electron chi connectivity index (χ1n) is 9.17. The lowest BCUT2D eigenvalue weighted by molar-refractivity contribution is 0.174. The van der Waals surface area contributed by atoms with Crippen LogP contribution in [0.1, 0.15) is 5.56 Å². The smallest absolute Gasteiger partial charge is 0.323 e. The molecule has 0 aliphatic carbocycles. The number of carbonyl (C=O) groups excluding carboxylic acids is 1. The van der Waals surface area contributed by atoms with Crippen molar-refractivity contribution in [3.05, 3.63) is 72.6 Å². The highest BCUT2D eigenvalue weighted by Gasteiger charge is 2.14. The molecule has 2 N–H and O–H groups in total. The Morgan fingerprint density at radius 1 is 0.966 bits per heavy atom. The summed E-state index contributed by atoms with van der Waals surface area (Å²) in [6.07, 6.45) is 3.99. The van der Waals surface area contributed by atoms with Crippen LogP contribution in [-0.4, -0.2) is 22.2 Å². The molecule has 7 nitrogen and oxygen atoms in total. The summed E-state index contributed by atoms with van der Waals surface area (Å²) in [5, 5.41) is 5.61. The van der Waals surface area contributed by atoms with Crippen molar-refractivity contribution in [3.8, 4) is 22.8 Å². The monoisotopic (exact) mass is 386 g/mol. The summed E-state index contributed by atoms with van der Waals surface area (Å²) in [6.45, 7) is 2.24. The molecule has 0 saturated carbocycles. The highest BCUT2D eigenvalue weighted by Crippen LogP contribution is 2.34. The number of nitrogens with one attached hydrogen (secondary N) is 2. The van der Waals surface area contributed by atoms with Gasteiger partial charge < -0.3 is 24.5 Å². The van der Waals surface area contributed by atoms with Crippen LogP contribution in [0.5, 0.6) is 11.5 Å². The second-order valence-corrected chi connectivity index (χ2v) is 6.82. The number of urea groups is 1. The third-order valence-electron chi connectivity index (χ3n) is 4.68. The molecule has 0 saturated heterocycles. The lowest BCUT2D eigenvalue weighted by atomic mass is 10.1. The number of hydrogen-bond acceptors (Lipinski definition) is 4. The number of benzene rings is 2. The molecule has 0 spiro atoms. The molecule has 3 heterocycles. The van der Waals surface area contributed by atoms with Gasteiger partial charge in [-0.2, -0.15) is 0 Å². The van der Waals surface area contributed by atoms with Crippen LogP contribution in [0.25, 0.3) is 16.9 Å². The minimum absolute atomic E-state index is 0.198. The maximum absolute atomic E-state index is 12.3. The number of aryl methyl sites for hydroxylation is 1. The van der Waals surface area contributed by atoms with Crippen LogP contribution in [0.2, 0.25) is 0 Å². The van der Waals surface area contributed by atoms with Crippen LogP contribution in [0.3, 0.4) is 0 Å². The minimum Gasteiger partial charge on any atom is -0.454 e. The second kappa shape index (κ2) is 6.87. The summed E-state index contributed by atoms with van der Waals surface area (Å²) in [4.78, 5) is 16.9. The average Bonchev–Trinajstić information content (AvgIpc) is 3.34. The van der Waals surface area contributed by atoms with E-state index in [0.29, 0.717) is 22.9 Å². The number of pyridine rings is 1. The summed E-state index contributed by atoms with van der Waals surface area (Å²) < 4.78 is 12.6. The van der Waals surface area contributed by atoms with Crippen molar-refractivity contribution in [1.82, 2.24) is 9.38 Å². The van der Waals surface area contributed by atoms with Crippen LogP contribution < -0.4 is 20.1 Å². The Morgan fingerprint density at radius 3 is 2.59 bits per heavy atom. The number of aromatic nitrogens is 2. The summed E-state index contributed by atoms with van der Waals surface area (Å²) >= 11 is 0. The topological polar surface area (TPSA) is 76.9 Å².